The molecule has 2 bridgehead atoms. The summed E-state index contributed by atoms with van der Waals surface area (Å²) in [5.41, 5.74) is -0.529. The second-order valence-corrected chi connectivity index (χ2v) is 11.5. The molecule has 3 aliphatic rings. The van der Waals surface area contributed by atoms with Crippen LogP contribution >= 0.6 is 10.7 Å². The van der Waals surface area contributed by atoms with E-state index < -0.39 is 14.7 Å². The highest BCUT2D eigenvalue weighted by molar-refractivity contribution is 8.13. The number of amides is 2. The number of hydrogen-bond acceptors (Lipinski definition) is 5. The van der Waals surface area contributed by atoms with Crippen molar-refractivity contribution in [2.45, 2.75) is 76.6 Å². The summed E-state index contributed by atoms with van der Waals surface area (Å²) in [5.74, 6) is -0.419. The lowest BCUT2D eigenvalue weighted by Crippen LogP contribution is -2.53. The van der Waals surface area contributed by atoms with E-state index in [4.69, 9.17) is 15.4 Å². The molecule has 0 aliphatic carbocycles. The smallest absolute Gasteiger partial charge is 0.410 e. The van der Waals surface area contributed by atoms with Crippen LogP contribution in [0.4, 0.5) is 4.79 Å². The predicted molar refractivity (Wildman–Crippen MR) is 97.4 cm³/mol. The van der Waals surface area contributed by atoms with E-state index in [1.54, 1.807) is 0 Å². The van der Waals surface area contributed by atoms with Gasteiger partial charge in [0.1, 0.15) is 5.60 Å². The second-order valence-electron chi connectivity index (χ2n) is 8.72. The third kappa shape index (κ3) is 4.44. The molecular formula is C17H27ClN2O5S. The molecule has 0 spiro atoms. The van der Waals surface area contributed by atoms with Crippen LogP contribution in [0.5, 0.6) is 0 Å². The van der Waals surface area contributed by atoms with Gasteiger partial charge in [-0.3, -0.25) is 4.79 Å². The first-order valence-electron chi connectivity index (χ1n) is 9.16. The molecule has 3 fully saturated rings. The van der Waals surface area contributed by atoms with Crippen LogP contribution in [0.1, 0.15) is 52.9 Å². The van der Waals surface area contributed by atoms with E-state index in [9.17, 15) is 18.0 Å². The number of halogens is 1. The zero-order chi connectivity index (χ0) is 19.3. The maximum absolute atomic E-state index is 12.5. The van der Waals surface area contributed by atoms with Crippen LogP contribution in [-0.2, 0) is 18.6 Å². The molecular weight excluding hydrogens is 380 g/mol. The third-order valence-corrected chi connectivity index (χ3v) is 6.67. The molecule has 0 radical (unpaired) electrons. The van der Waals surface area contributed by atoms with Crippen LogP contribution in [0.25, 0.3) is 0 Å². The van der Waals surface area contributed by atoms with Crippen LogP contribution in [0, 0.1) is 5.92 Å². The number of hydrogen-bond donors (Lipinski definition) is 0. The van der Waals surface area contributed by atoms with Crippen LogP contribution in [0.15, 0.2) is 0 Å². The lowest BCUT2D eigenvalue weighted by Gasteiger charge is -2.42. The van der Waals surface area contributed by atoms with E-state index in [1.807, 2.05) is 30.6 Å². The molecule has 0 aromatic rings. The Morgan fingerprint density at radius 3 is 2.27 bits per heavy atom. The topological polar surface area (TPSA) is 84.0 Å². The van der Waals surface area contributed by atoms with Gasteiger partial charge in [0.2, 0.25) is 15.0 Å². The Labute approximate surface area is 159 Å². The van der Waals surface area contributed by atoms with Gasteiger partial charge in [-0.25, -0.2) is 13.2 Å². The average Bonchev–Trinajstić information content (AvgIpc) is 2.92. The van der Waals surface area contributed by atoms with Gasteiger partial charge in [-0.05, 0) is 46.5 Å². The molecule has 9 heteroatoms. The molecule has 2 unspecified atom stereocenters. The highest BCUT2D eigenvalue weighted by Crippen LogP contribution is 2.40. The second kappa shape index (κ2) is 6.86. The fourth-order valence-corrected chi connectivity index (χ4v) is 5.89. The van der Waals surface area contributed by atoms with Crippen molar-refractivity contribution in [3.8, 4) is 0 Å². The molecule has 0 aromatic carbocycles. The Balaban J connectivity index is 1.64. The Kier molecular flexibility index (Phi) is 5.20. The number of nitrogens with zero attached hydrogens (tertiary/aromatic N) is 2. The van der Waals surface area contributed by atoms with Crippen LogP contribution in [0.3, 0.4) is 0 Å². The van der Waals surface area contributed by atoms with Gasteiger partial charge in [-0.15, -0.1) is 0 Å². The summed E-state index contributed by atoms with van der Waals surface area (Å²) in [5, 5.41) is 0. The van der Waals surface area contributed by atoms with Gasteiger partial charge in [0.15, 0.2) is 0 Å². The number of fused-ring (bicyclic) bond motifs is 2. The normalized spacial score (nSPS) is 32.2. The molecule has 3 saturated heterocycles. The van der Waals surface area contributed by atoms with Gasteiger partial charge in [0, 0.05) is 47.7 Å². The Bertz CT molecular complexity index is 676. The number of rotatable bonds is 3. The van der Waals surface area contributed by atoms with Crippen molar-refractivity contribution in [1.29, 1.82) is 0 Å². The van der Waals surface area contributed by atoms with Crippen molar-refractivity contribution in [2.75, 3.05) is 12.3 Å². The van der Waals surface area contributed by atoms with E-state index in [0.717, 1.165) is 25.7 Å². The summed E-state index contributed by atoms with van der Waals surface area (Å²) in [6.45, 7) is 6.00. The van der Waals surface area contributed by atoms with Gasteiger partial charge in [0.25, 0.3) is 0 Å². The van der Waals surface area contributed by atoms with Gasteiger partial charge in [-0.2, -0.15) is 0 Å². The summed E-state index contributed by atoms with van der Waals surface area (Å²) in [6, 6.07) is 0.219. The first-order valence-corrected chi connectivity index (χ1v) is 11.6. The summed E-state index contributed by atoms with van der Waals surface area (Å²) in [7, 11) is 1.73. The first-order chi connectivity index (χ1) is 11.9. The Morgan fingerprint density at radius 2 is 1.77 bits per heavy atom. The van der Waals surface area contributed by atoms with Gasteiger partial charge in [-0.1, -0.05) is 0 Å². The van der Waals surface area contributed by atoms with Gasteiger partial charge in [0.05, 0.1) is 5.75 Å². The largest absolute Gasteiger partial charge is 0.444 e. The number of carbonyl (C=O) groups excluding carboxylic acids is 2. The van der Waals surface area contributed by atoms with Crippen molar-refractivity contribution in [3.05, 3.63) is 0 Å². The molecule has 4 atom stereocenters. The van der Waals surface area contributed by atoms with E-state index in [-0.39, 0.29) is 48.2 Å². The average molecular weight is 407 g/mol. The molecule has 26 heavy (non-hydrogen) atoms. The third-order valence-electron chi connectivity index (χ3n) is 5.43. The lowest BCUT2D eigenvalue weighted by molar-refractivity contribution is -0.130. The maximum atomic E-state index is 12.5. The molecule has 3 rings (SSSR count). The molecule has 0 N–H and O–H groups in total. The van der Waals surface area contributed by atoms with E-state index in [1.165, 1.54) is 0 Å². The summed E-state index contributed by atoms with van der Waals surface area (Å²) >= 11 is 0. The van der Waals surface area contributed by atoms with E-state index >= 15 is 0 Å². The molecule has 2 amide bonds. The lowest BCUT2D eigenvalue weighted by atomic mass is 9.96. The number of carbonyl (C=O) groups is 2. The highest BCUT2D eigenvalue weighted by Gasteiger charge is 2.48. The van der Waals surface area contributed by atoms with Crippen LogP contribution in [0.2, 0.25) is 0 Å². The van der Waals surface area contributed by atoms with Crippen LogP contribution in [-0.4, -0.2) is 66.2 Å². The summed E-state index contributed by atoms with van der Waals surface area (Å²) in [4.78, 5) is 28.6. The molecule has 0 aromatic heterocycles. The van der Waals surface area contributed by atoms with E-state index in [2.05, 4.69) is 0 Å². The van der Waals surface area contributed by atoms with Crippen molar-refractivity contribution >= 4 is 31.7 Å². The highest BCUT2D eigenvalue weighted by atomic mass is 35.7. The maximum Gasteiger partial charge on any atom is 0.410 e. The minimum Gasteiger partial charge on any atom is -0.444 e. The van der Waals surface area contributed by atoms with Crippen molar-refractivity contribution in [2.24, 2.45) is 5.92 Å². The van der Waals surface area contributed by atoms with E-state index in [0.29, 0.717) is 6.54 Å². The molecule has 3 aliphatic heterocycles. The van der Waals surface area contributed by atoms with Crippen molar-refractivity contribution in [3.63, 3.8) is 0 Å². The summed E-state index contributed by atoms with van der Waals surface area (Å²) in [6.07, 6.45) is 3.24. The van der Waals surface area contributed by atoms with Crippen molar-refractivity contribution < 1.29 is 22.7 Å². The quantitative estimate of drug-likeness (QED) is 0.671. The standard InChI is InChI=1S/C17H27ClN2O5S/c1-17(2,3)25-16(22)20-12-4-5-13(20)8-14(7-12)19-9-11(6-15(19)21)10-26(18,23)24/h11-14H,4-10H2,1-3H3/t11?,12-,13+,14?. The SMILES string of the molecule is CC(C)(C)OC(=O)N1[C@@H]2CC[C@H]1CC(N1CC(CS(=O)(=O)Cl)CC1=O)C2. The van der Waals surface area contributed by atoms with Gasteiger partial charge < -0.3 is 14.5 Å². The zero-order valence-corrected chi connectivity index (χ0v) is 17.1. The fraction of sp³-hybridized carbons (Fsp3) is 0.882. The Hall–Kier alpha value is -1.02. The molecule has 7 nitrogen and oxygen atoms in total. The zero-order valence-electron chi connectivity index (χ0n) is 15.5. The molecule has 3 heterocycles. The number of likely N-dealkylation sites (tertiary alicyclic amines) is 1. The monoisotopic (exact) mass is 406 g/mol. The first kappa shape index (κ1) is 19.7. The molecule has 0 saturated carbocycles. The van der Waals surface area contributed by atoms with Gasteiger partial charge >= 0.3 is 6.09 Å². The van der Waals surface area contributed by atoms with Crippen LogP contribution < -0.4 is 0 Å². The minimum absolute atomic E-state index is 0.00886. The minimum atomic E-state index is -3.61. The fourth-order valence-electron chi connectivity index (χ4n) is 4.57. The Morgan fingerprint density at radius 1 is 1.19 bits per heavy atom. The number of ether oxygens (including phenoxy) is 1. The molecule has 148 valence electrons. The summed E-state index contributed by atoms with van der Waals surface area (Å²) < 4.78 is 28.1. The predicted octanol–water partition coefficient (Wildman–Crippen LogP) is 2.33. The van der Waals surface area contributed by atoms with Crippen molar-refractivity contribution in [1.82, 2.24) is 9.80 Å². The number of piperidine rings is 1.